The predicted octanol–water partition coefficient (Wildman–Crippen LogP) is 4.64. The summed E-state index contributed by atoms with van der Waals surface area (Å²) in [7, 11) is 0. The first-order chi connectivity index (χ1) is 15.3. The molecular formula is C23H18Cl2N4O3. The summed E-state index contributed by atoms with van der Waals surface area (Å²) in [6.07, 6.45) is 1.28. The fourth-order valence-corrected chi connectivity index (χ4v) is 3.17. The highest BCUT2D eigenvalue weighted by atomic mass is 35.5. The molecule has 3 amide bonds. The van der Waals surface area contributed by atoms with Crippen LogP contribution in [0.2, 0.25) is 10.0 Å². The fraction of sp³-hybridized carbons (Fsp3) is 0.0435. The van der Waals surface area contributed by atoms with E-state index in [-0.39, 0.29) is 11.3 Å². The average Bonchev–Trinajstić information content (AvgIpc) is 2.75. The standard InChI is InChI=1S/C23H18Cl2N4O3/c1-14-5-4-6-17(11-14)27-21(30)18-7-2-3-8-20(18)28-22(31)23(32)29-26-13-15-9-10-16(24)12-19(15)25/h2-13H,1H3,(H,27,30)(H,28,31)(H,29,32). The highest BCUT2D eigenvalue weighted by molar-refractivity contribution is 6.40. The third-order valence-electron chi connectivity index (χ3n) is 4.23. The minimum absolute atomic E-state index is 0.183. The van der Waals surface area contributed by atoms with Crippen LogP contribution in [0, 0.1) is 6.92 Å². The minimum atomic E-state index is -1.01. The van der Waals surface area contributed by atoms with E-state index < -0.39 is 17.7 Å². The van der Waals surface area contributed by atoms with Gasteiger partial charge >= 0.3 is 11.8 Å². The van der Waals surface area contributed by atoms with Crippen molar-refractivity contribution in [1.29, 1.82) is 0 Å². The van der Waals surface area contributed by atoms with Crippen LogP contribution in [0.25, 0.3) is 0 Å². The molecule has 0 atom stereocenters. The van der Waals surface area contributed by atoms with Crippen LogP contribution in [0.3, 0.4) is 0 Å². The van der Waals surface area contributed by atoms with Gasteiger partial charge < -0.3 is 10.6 Å². The van der Waals surface area contributed by atoms with E-state index in [0.717, 1.165) is 5.56 Å². The largest absolute Gasteiger partial charge is 0.329 e. The van der Waals surface area contributed by atoms with Crippen LogP contribution in [0.4, 0.5) is 11.4 Å². The molecule has 3 aromatic carbocycles. The van der Waals surface area contributed by atoms with Crippen molar-refractivity contribution in [3.05, 3.63) is 93.5 Å². The summed E-state index contributed by atoms with van der Waals surface area (Å²) in [4.78, 5) is 37.0. The number of hydrogen-bond acceptors (Lipinski definition) is 4. The fourth-order valence-electron chi connectivity index (χ4n) is 2.71. The number of hydrogen-bond donors (Lipinski definition) is 3. The lowest BCUT2D eigenvalue weighted by atomic mass is 10.1. The molecule has 3 aromatic rings. The van der Waals surface area contributed by atoms with Crippen molar-refractivity contribution in [3.63, 3.8) is 0 Å². The van der Waals surface area contributed by atoms with Crippen molar-refractivity contribution in [2.45, 2.75) is 6.92 Å². The summed E-state index contributed by atoms with van der Waals surface area (Å²) in [5, 5.41) is 9.72. The molecule has 0 saturated heterocycles. The molecule has 0 unspecified atom stereocenters. The van der Waals surface area contributed by atoms with E-state index in [1.807, 2.05) is 25.1 Å². The number of carbonyl (C=O) groups is 3. The molecule has 9 heteroatoms. The van der Waals surface area contributed by atoms with Gasteiger partial charge in [0.25, 0.3) is 5.91 Å². The maximum atomic E-state index is 12.7. The van der Waals surface area contributed by atoms with Crippen molar-refractivity contribution in [3.8, 4) is 0 Å². The zero-order chi connectivity index (χ0) is 23.1. The van der Waals surface area contributed by atoms with Gasteiger partial charge in [-0.2, -0.15) is 5.10 Å². The van der Waals surface area contributed by atoms with Gasteiger partial charge in [0.05, 0.1) is 22.5 Å². The van der Waals surface area contributed by atoms with Crippen molar-refractivity contribution >= 4 is 58.5 Å². The van der Waals surface area contributed by atoms with E-state index in [2.05, 4.69) is 21.2 Å². The Kier molecular flexibility index (Phi) is 7.59. The molecule has 0 aromatic heterocycles. The van der Waals surface area contributed by atoms with Crippen LogP contribution >= 0.6 is 23.2 Å². The number of aryl methyl sites for hydroxylation is 1. The lowest BCUT2D eigenvalue weighted by molar-refractivity contribution is -0.136. The van der Waals surface area contributed by atoms with Gasteiger partial charge in [-0.15, -0.1) is 0 Å². The van der Waals surface area contributed by atoms with Crippen LogP contribution in [-0.2, 0) is 9.59 Å². The number of hydrazone groups is 1. The summed E-state index contributed by atoms with van der Waals surface area (Å²) in [5.41, 5.74) is 4.61. The highest BCUT2D eigenvalue weighted by Gasteiger charge is 2.17. The molecular weight excluding hydrogens is 451 g/mol. The normalized spacial score (nSPS) is 10.6. The molecule has 3 N–H and O–H groups in total. The Morgan fingerprint density at radius 3 is 2.41 bits per heavy atom. The number of nitrogens with one attached hydrogen (secondary N) is 3. The van der Waals surface area contributed by atoms with Gasteiger partial charge in [-0.25, -0.2) is 5.43 Å². The van der Waals surface area contributed by atoms with Gasteiger partial charge in [-0.3, -0.25) is 14.4 Å². The van der Waals surface area contributed by atoms with Gasteiger partial charge in [0.1, 0.15) is 0 Å². The Bertz CT molecular complexity index is 1210. The summed E-state index contributed by atoms with van der Waals surface area (Å²) in [5.74, 6) is -2.43. The first-order valence-corrected chi connectivity index (χ1v) is 10.2. The molecule has 3 rings (SSSR count). The minimum Gasteiger partial charge on any atom is -0.322 e. The quantitative estimate of drug-likeness (QED) is 0.288. The maximum absolute atomic E-state index is 12.7. The lowest BCUT2D eigenvalue weighted by Crippen LogP contribution is -2.33. The topological polar surface area (TPSA) is 99.7 Å². The number of carbonyl (C=O) groups excluding carboxylic acids is 3. The Morgan fingerprint density at radius 1 is 0.875 bits per heavy atom. The number of anilines is 2. The molecule has 0 aliphatic heterocycles. The third-order valence-corrected chi connectivity index (χ3v) is 4.80. The molecule has 7 nitrogen and oxygen atoms in total. The van der Waals surface area contributed by atoms with Gasteiger partial charge in [0, 0.05) is 16.3 Å². The Balaban J connectivity index is 1.65. The first kappa shape index (κ1) is 23.0. The number of benzene rings is 3. The van der Waals surface area contributed by atoms with E-state index >= 15 is 0 Å². The predicted molar refractivity (Wildman–Crippen MR) is 126 cm³/mol. The SMILES string of the molecule is Cc1cccc(NC(=O)c2ccccc2NC(=O)C(=O)NN=Cc2ccc(Cl)cc2Cl)c1. The molecule has 162 valence electrons. The van der Waals surface area contributed by atoms with E-state index in [9.17, 15) is 14.4 Å². The van der Waals surface area contributed by atoms with Crippen molar-refractivity contribution < 1.29 is 14.4 Å². The number of para-hydroxylation sites is 1. The van der Waals surface area contributed by atoms with E-state index in [0.29, 0.717) is 21.3 Å². The second-order valence-corrected chi connectivity index (χ2v) is 7.53. The molecule has 0 bridgehead atoms. The number of amides is 3. The molecule has 0 aliphatic rings. The molecule has 0 aliphatic carbocycles. The highest BCUT2D eigenvalue weighted by Crippen LogP contribution is 2.20. The zero-order valence-electron chi connectivity index (χ0n) is 16.9. The summed E-state index contributed by atoms with van der Waals surface area (Å²) in [6, 6.07) is 18.4. The van der Waals surface area contributed by atoms with Gasteiger partial charge in [0.15, 0.2) is 0 Å². The first-order valence-electron chi connectivity index (χ1n) is 9.40. The average molecular weight is 469 g/mol. The monoisotopic (exact) mass is 468 g/mol. The number of halogens is 2. The lowest BCUT2D eigenvalue weighted by Gasteiger charge is -2.11. The van der Waals surface area contributed by atoms with Crippen LogP contribution in [0.5, 0.6) is 0 Å². The van der Waals surface area contributed by atoms with Crippen LogP contribution in [0.15, 0.2) is 71.8 Å². The number of rotatable bonds is 5. The summed E-state index contributed by atoms with van der Waals surface area (Å²) in [6.45, 7) is 1.91. The molecule has 0 spiro atoms. The number of nitrogens with zero attached hydrogens (tertiary/aromatic N) is 1. The van der Waals surface area contributed by atoms with E-state index in [4.69, 9.17) is 23.2 Å². The van der Waals surface area contributed by atoms with E-state index in [1.54, 1.807) is 36.4 Å². The zero-order valence-corrected chi connectivity index (χ0v) is 18.4. The van der Waals surface area contributed by atoms with Crippen molar-refractivity contribution in [2.75, 3.05) is 10.6 Å². The summed E-state index contributed by atoms with van der Waals surface area (Å²) < 4.78 is 0. The molecule has 0 saturated carbocycles. The van der Waals surface area contributed by atoms with Crippen LogP contribution in [0.1, 0.15) is 21.5 Å². The smallest absolute Gasteiger partial charge is 0.322 e. The molecule has 0 radical (unpaired) electrons. The van der Waals surface area contributed by atoms with Gasteiger partial charge in [-0.1, -0.05) is 53.5 Å². The van der Waals surface area contributed by atoms with Crippen molar-refractivity contribution in [1.82, 2.24) is 5.43 Å². The summed E-state index contributed by atoms with van der Waals surface area (Å²) >= 11 is 11.8. The molecule has 32 heavy (non-hydrogen) atoms. The van der Waals surface area contributed by atoms with Gasteiger partial charge in [-0.05, 0) is 48.9 Å². The maximum Gasteiger partial charge on any atom is 0.329 e. The van der Waals surface area contributed by atoms with Gasteiger partial charge in [0.2, 0.25) is 0 Å². The molecule has 0 heterocycles. The van der Waals surface area contributed by atoms with Crippen LogP contribution in [-0.4, -0.2) is 23.9 Å². The van der Waals surface area contributed by atoms with Crippen molar-refractivity contribution in [2.24, 2.45) is 5.10 Å². The second kappa shape index (κ2) is 10.6. The van der Waals surface area contributed by atoms with E-state index in [1.165, 1.54) is 18.3 Å². The Hall–Kier alpha value is -3.68. The second-order valence-electron chi connectivity index (χ2n) is 6.69. The Labute approximate surface area is 194 Å². The molecule has 0 fully saturated rings. The third kappa shape index (κ3) is 6.16. The Morgan fingerprint density at radius 2 is 1.66 bits per heavy atom. The van der Waals surface area contributed by atoms with Crippen LogP contribution < -0.4 is 16.1 Å².